The Morgan fingerprint density at radius 3 is 2.60 bits per heavy atom. The maximum Gasteiger partial charge on any atom is 0.282 e. The summed E-state index contributed by atoms with van der Waals surface area (Å²) >= 11 is 0. The first-order chi connectivity index (χ1) is 12.0. The first kappa shape index (κ1) is 16.8. The van der Waals surface area contributed by atoms with Crippen molar-refractivity contribution in [1.29, 1.82) is 0 Å². The maximum absolute atomic E-state index is 12.5. The molecule has 0 aliphatic carbocycles. The van der Waals surface area contributed by atoms with Crippen LogP contribution in [-0.4, -0.2) is 33.5 Å². The zero-order chi connectivity index (χ0) is 17.9. The predicted octanol–water partition coefficient (Wildman–Crippen LogP) is 1.15. The molecule has 1 amide bonds. The molecule has 9 heteroatoms. The van der Waals surface area contributed by atoms with E-state index in [4.69, 9.17) is 0 Å². The van der Waals surface area contributed by atoms with Crippen molar-refractivity contribution in [3.8, 4) is 0 Å². The molecule has 3 aromatic rings. The molecule has 0 saturated heterocycles. The van der Waals surface area contributed by atoms with Crippen LogP contribution in [0.5, 0.6) is 0 Å². The van der Waals surface area contributed by atoms with Gasteiger partial charge in [0.25, 0.3) is 15.9 Å². The highest BCUT2D eigenvalue weighted by atomic mass is 32.2. The minimum absolute atomic E-state index is 0.000392. The third kappa shape index (κ3) is 3.72. The van der Waals surface area contributed by atoms with E-state index in [2.05, 4.69) is 20.4 Å². The fourth-order valence-electron chi connectivity index (χ4n) is 2.06. The largest absolute Gasteiger partial charge is 0.345 e. The zero-order valence-electron chi connectivity index (χ0n) is 13.3. The number of aryl methyl sites for hydroxylation is 1. The molecule has 1 aromatic carbocycles. The summed E-state index contributed by atoms with van der Waals surface area (Å²) in [6.07, 6.45) is 5.82. The summed E-state index contributed by atoms with van der Waals surface area (Å²) in [5.74, 6) is -0.497. The van der Waals surface area contributed by atoms with Crippen molar-refractivity contribution in [2.24, 2.45) is 0 Å². The van der Waals surface area contributed by atoms with Crippen molar-refractivity contribution in [3.63, 3.8) is 0 Å². The molecule has 0 aliphatic heterocycles. The van der Waals surface area contributed by atoms with Gasteiger partial charge in [0.05, 0.1) is 23.3 Å². The lowest BCUT2D eigenvalue weighted by Crippen LogP contribution is -2.24. The fourth-order valence-corrected chi connectivity index (χ4v) is 3.18. The molecule has 0 bridgehead atoms. The predicted molar refractivity (Wildman–Crippen MR) is 89.2 cm³/mol. The molecule has 0 atom stereocenters. The lowest BCUT2D eigenvalue weighted by atomic mass is 10.2. The molecule has 128 valence electrons. The van der Waals surface area contributed by atoms with Gasteiger partial charge >= 0.3 is 0 Å². The lowest BCUT2D eigenvalue weighted by Gasteiger charge is -2.05. The molecule has 2 aromatic heterocycles. The van der Waals surface area contributed by atoms with Gasteiger partial charge < -0.3 is 5.32 Å². The van der Waals surface area contributed by atoms with E-state index in [0.717, 1.165) is 9.65 Å². The van der Waals surface area contributed by atoms with Gasteiger partial charge in [-0.1, -0.05) is 17.7 Å². The van der Waals surface area contributed by atoms with Crippen LogP contribution < -0.4 is 5.32 Å². The number of nitrogens with one attached hydrogen (secondary N) is 1. The van der Waals surface area contributed by atoms with Gasteiger partial charge in [-0.05, 0) is 25.1 Å². The number of benzene rings is 1. The van der Waals surface area contributed by atoms with Crippen LogP contribution in [0.4, 0.5) is 0 Å². The molecule has 0 radical (unpaired) electrons. The summed E-state index contributed by atoms with van der Waals surface area (Å²) in [5, 5.41) is 6.49. The molecule has 3 rings (SSSR count). The van der Waals surface area contributed by atoms with Crippen molar-refractivity contribution >= 4 is 15.9 Å². The Morgan fingerprint density at radius 2 is 1.92 bits per heavy atom. The van der Waals surface area contributed by atoms with E-state index in [1.807, 2.05) is 6.92 Å². The molecule has 8 nitrogen and oxygen atoms in total. The number of amides is 1. The van der Waals surface area contributed by atoms with E-state index in [9.17, 15) is 13.2 Å². The monoisotopic (exact) mass is 357 g/mol. The van der Waals surface area contributed by atoms with E-state index in [0.29, 0.717) is 5.69 Å². The number of hydrogen-bond donors (Lipinski definition) is 1. The first-order valence-electron chi connectivity index (χ1n) is 7.38. The number of hydrogen-bond acceptors (Lipinski definition) is 6. The Morgan fingerprint density at radius 1 is 1.16 bits per heavy atom. The second-order valence-electron chi connectivity index (χ2n) is 5.27. The van der Waals surface area contributed by atoms with Gasteiger partial charge in [0.15, 0.2) is 5.69 Å². The maximum atomic E-state index is 12.5. The summed E-state index contributed by atoms with van der Waals surface area (Å²) in [5.41, 5.74) is 1.53. The molecule has 0 aliphatic rings. The number of rotatable bonds is 5. The molecule has 2 heterocycles. The molecular formula is C16H15N5O3S. The molecule has 0 unspecified atom stereocenters. The molecule has 0 spiro atoms. The molecule has 0 fully saturated rings. The van der Waals surface area contributed by atoms with E-state index < -0.39 is 15.9 Å². The third-order valence-electron chi connectivity index (χ3n) is 3.41. The Hall–Kier alpha value is -3.07. The number of nitrogens with zero attached hydrogens (tertiary/aromatic N) is 4. The summed E-state index contributed by atoms with van der Waals surface area (Å²) in [7, 11) is -3.83. The van der Waals surface area contributed by atoms with Gasteiger partial charge in [-0.15, -0.1) is 0 Å². The van der Waals surface area contributed by atoms with E-state index >= 15 is 0 Å². The zero-order valence-corrected chi connectivity index (χ0v) is 14.1. The quantitative estimate of drug-likeness (QED) is 0.734. The summed E-state index contributed by atoms with van der Waals surface area (Å²) in [4.78, 5) is 20.1. The van der Waals surface area contributed by atoms with Crippen LogP contribution in [-0.2, 0) is 16.6 Å². The summed E-state index contributed by atoms with van der Waals surface area (Å²) in [6.45, 7) is 2.04. The van der Waals surface area contributed by atoms with Crippen LogP contribution in [0.3, 0.4) is 0 Å². The molecule has 25 heavy (non-hydrogen) atoms. The van der Waals surface area contributed by atoms with Crippen LogP contribution >= 0.6 is 0 Å². The van der Waals surface area contributed by atoms with Gasteiger partial charge in [-0.25, -0.2) is 0 Å². The normalized spacial score (nSPS) is 11.2. The number of carbonyl (C=O) groups is 1. The van der Waals surface area contributed by atoms with Crippen molar-refractivity contribution in [1.82, 2.24) is 24.5 Å². The summed E-state index contributed by atoms with van der Waals surface area (Å²) < 4.78 is 25.8. The van der Waals surface area contributed by atoms with Crippen molar-refractivity contribution in [2.75, 3.05) is 0 Å². The van der Waals surface area contributed by atoms with Crippen LogP contribution in [0.25, 0.3) is 0 Å². The van der Waals surface area contributed by atoms with Gasteiger partial charge in [0, 0.05) is 18.6 Å². The highest BCUT2D eigenvalue weighted by Crippen LogP contribution is 2.14. The third-order valence-corrected chi connectivity index (χ3v) is 4.97. The van der Waals surface area contributed by atoms with Gasteiger partial charge in [0.2, 0.25) is 0 Å². The van der Waals surface area contributed by atoms with E-state index in [1.165, 1.54) is 43.0 Å². The Labute approximate surface area is 144 Å². The minimum Gasteiger partial charge on any atom is -0.345 e. The molecular weight excluding hydrogens is 342 g/mol. The smallest absolute Gasteiger partial charge is 0.282 e. The average Bonchev–Trinajstić information content (AvgIpc) is 3.12. The van der Waals surface area contributed by atoms with Crippen LogP contribution in [0.2, 0.25) is 0 Å². The topological polar surface area (TPSA) is 107 Å². The second-order valence-corrected chi connectivity index (χ2v) is 7.07. The Balaban J connectivity index is 1.75. The van der Waals surface area contributed by atoms with E-state index in [-0.39, 0.29) is 17.1 Å². The minimum atomic E-state index is -3.83. The highest BCUT2D eigenvalue weighted by Gasteiger charge is 2.19. The first-order valence-corrected chi connectivity index (χ1v) is 8.82. The highest BCUT2D eigenvalue weighted by molar-refractivity contribution is 7.89. The van der Waals surface area contributed by atoms with Crippen molar-refractivity contribution in [2.45, 2.75) is 18.4 Å². The van der Waals surface area contributed by atoms with Gasteiger partial charge in [-0.2, -0.15) is 17.6 Å². The number of aromatic nitrogens is 4. The Kier molecular flexibility index (Phi) is 4.57. The Bertz CT molecular complexity index is 982. The van der Waals surface area contributed by atoms with Crippen molar-refractivity contribution in [3.05, 3.63) is 72.1 Å². The lowest BCUT2D eigenvalue weighted by molar-refractivity contribution is 0.0945. The van der Waals surface area contributed by atoms with Crippen LogP contribution in [0.1, 0.15) is 21.7 Å². The molecule has 1 N–H and O–H groups in total. The number of carbonyl (C=O) groups excluding carboxylic acids is 1. The van der Waals surface area contributed by atoms with Crippen molar-refractivity contribution < 1.29 is 13.2 Å². The van der Waals surface area contributed by atoms with Gasteiger partial charge in [0.1, 0.15) is 0 Å². The summed E-state index contributed by atoms with van der Waals surface area (Å²) in [6, 6.07) is 7.74. The SMILES string of the molecule is Cc1ccc(S(=O)(=O)n2ccc(C(=O)NCc3cnccn3)n2)cc1. The van der Waals surface area contributed by atoms with Crippen LogP contribution in [0.15, 0.2) is 60.0 Å². The fraction of sp³-hybridized carbons (Fsp3) is 0.125. The van der Waals surface area contributed by atoms with Crippen LogP contribution in [0, 0.1) is 6.92 Å². The molecule has 0 saturated carbocycles. The second kappa shape index (κ2) is 6.81. The van der Waals surface area contributed by atoms with Gasteiger partial charge in [-0.3, -0.25) is 14.8 Å². The average molecular weight is 357 g/mol. The van der Waals surface area contributed by atoms with E-state index in [1.54, 1.807) is 12.1 Å². The standard InChI is InChI=1S/C16H15N5O3S/c1-12-2-4-14(5-3-12)25(23,24)21-9-6-15(20-21)16(22)19-11-13-10-17-7-8-18-13/h2-10H,11H2,1H3,(H,19,22).